The Kier molecular flexibility index (Phi) is 3.09. The first-order valence-electron chi connectivity index (χ1n) is 6.40. The van der Waals surface area contributed by atoms with Crippen molar-refractivity contribution >= 4 is 27.7 Å². The summed E-state index contributed by atoms with van der Waals surface area (Å²) in [5, 5.41) is 2.88. The van der Waals surface area contributed by atoms with Gasteiger partial charge < -0.3 is 10.2 Å². The van der Waals surface area contributed by atoms with Gasteiger partial charge in [-0.1, -0.05) is 15.9 Å². The van der Waals surface area contributed by atoms with E-state index in [9.17, 15) is 9.59 Å². The average Bonchev–Trinajstić information content (AvgIpc) is 2.97. The van der Waals surface area contributed by atoms with E-state index in [0.717, 1.165) is 17.4 Å². The van der Waals surface area contributed by atoms with Crippen LogP contribution in [0.4, 0.5) is 0 Å². The quantitative estimate of drug-likeness (QED) is 0.857. The molecule has 2 aliphatic rings. The monoisotopic (exact) mass is 322 g/mol. The number of nitrogens with one attached hydrogen (secondary N) is 1. The maximum Gasteiger partial charge on any atom is 0.253 e. The molecule has 1 atom stereocenters. The van der Waals surface area contributed by atoms with E-state index in [1.807, 2.05) is 29.2 Å². The second kappa shape index (κ2) is 4.63. The number of carbonyl (C=O) groups is 2. The topological polar surface area (TPSA) is 49.4 Å². The second-order valence-electron chi connectivity index (χ2n) is 5.44. The Balaban J connectivity index is 1.72. The molecule has 0 aromatic heterocycles. The molecule has 0 radical (unpaired) electrons. The van der Waals surface area contributed by atoms with E-state index in [1.54, 1.807) is 0 Å². The van der Waals surface area contributed by atoms with Crippen LogP contribution in [0.25, 0.3) is 0 Å². The van der Waals surface area contributed by atoms with Crippen molar-refractivity contribution in [2.45, 2.75) is 12.8 Å². The zero-order valence-corrected chi connectivity index (χ0v) is 12.1. The molecule has 2 amide bonds. The van der Waals surface area contributed by atoms with Crippen LogP contribution in [0.1, 0.15) is 23.2 Å². The van der Waals surface area contributed by atoms with Crippen LogP contribution in [0, 0.1) is 5.41 Å². The van der Waals surface area contributed by atoms with Gasteiger partial charge in [-0.3, -0.25) is 9.59 Å². The van der Waals surface area contributed by atoms with E-state index >= 15 is 0 Å². The van der Waals surface area contributed by atoms with Gasteiger partial charge >= 0.3 is 0 Å². The molecule has 1 aromatic rings. The highest BCUT2D eigenvalue weighted by molar-refractivity contribution is 9.10. The first kappa shape index (κ1) is 12.7. The minimum atomic E-state index is -0.0257. The molecule has 4 nitrogen and oxygen atoms in total. The molecule has 0 saturated carbocycles. The number of hydrogen-bond acceptors (Lipinski definition) is 2. The summed E-state index contributed by atoms with van der Waals surface area (Å²) in [5.74, 6) is 0.168. The number of amides is 2. The molecule has 2 saturated heterocycles. The predicted molar refractivity (Wildman–Crippen MR) is 74.7 cm³/mol. The highest BCUT2D eigenvalue weighted by Crippen LogP contribution is 2.37. The maximum absolute atomic E-state index is 12.4. The number of hydrogen-bond donors (Lipinski definition) is 1. The fourth-order valence-corrected chi connectivity index (χ4v) is 3.19. The van der Waals surface area contributed by atoms with Gasteiger partial charge in [0.25, 0.3) is 5.91 Å². The van der Waals surface area contributed by atoms with Crippen LogP contribution in [0.5, 0.6) is 0 Å². The summed E-state index contributed by atoms with van der Waals surface area (Å²) in [7, 11) is 0. The van der Waals surface area contributed by atoms with Crippen LogP contribution >= 0.6 is 15.9 Å². The maximum atomic E-state index is 12.4. The zero-order valence-electron chi connectivity index (χ0n) is 10.5. The van der Waals surface area contributed by atoms with Crippen LogP contribution in [0.3, 0.4) is 0 Å². The number of likely N-dealkylation sites (tertiary alicyclic amines) is 1. The number of benzene rings is 1. The molecule has 2 heterocycles. The largest absolute Gasteiger partial charge is 0.355 e. The first-order chi connectivity index (χ1) is 9.08. The Morgan fingerprint density at radius 1 is 1.32 bits per heavy atom. The number of rotatable bonds is 1. The van der Waals surface area contributed by atoms with Crippen molar-refractivity contribution in [2.75, 3.05) is 19.6 Å². The van der Waals surface area contributed by atoms with Crippen LogP contribution in [0.2, 0.25) is 0 Å². The Hall–Kier alpha value is -1.36. The van der Waals surface area contributed by atoms with E-state index in [-0.39, 0.29) is 17.2 Å². The molecule has 1 aromatic carbocycles. The summed E-state index contributed by atoms with van der Waals surface area (Å²) in [6.45, 7) is 2.13. The van der Waals surface area contributed by atoms with Gasteiger partial charge in [0.15, 0.2) is 0 Å². The third-order valence-corrected chi connectivity index (χ3v) is 4.54. The smallest absolute Gasteiger partial charge is 0.253 e. The van der Waals surface area contributed by atoms with E-state index in [0.29, 0.717) is 25.1 Å². The lowest BCUT2D eigenvalue weighted by molar-refractivity contribution is -0.119. The van der Waals surface area contributed by atoms with Gasteiger partial charge in [-0.25, -0.2) is 0 Å². The average molecular weight is 323 g/mol. The SMILES string of the molecule is O=C1CC2(CCN(C(=O)c3ccc(Br)cc3)C2)CN1. The molecule has 1 N–H and O–H groups in total. The molecule has 2 fully saturated rings. The van der Waals surface area contributed by atoms with Gasteiger partial charge in [-0.2, -0.15) is 0 Å². The molecular formula is C14H15BrN2O2. The lowest BCUT2D eigenvalue weighted by Crippen LogP contribution is -2.33. The second-order valence-corrected chi connectivity index (χ2v) is 6.35. The van der Waals surface area contributed by atoms with Gasteiger partial charge in [0.2, 0.25) is 5.91 Å². The summed E-state index contributed by atoms with van der Waals surface area (Å²) in [5.41, 5.74) is 0.680. The third kappa shape index (κ3) is 2.39. The molecule has 100 valence electrons. The molecule has 3 rings (SSSR count). The van der Waals surface area contributed by atoms with E-state index < -0.39 is 0 Å². The van der Waals surface area contributed by atoms with Crippen LogP contribution < -0.4 is 5.32 Å². The lowest BCUT2D eigenvalue weighted by atomic mass is 9.86. The van der Waals surface area contributed by atoms with Crippen LogP contribution in [-0.4, -0.2) is 36.3 Å². The van der Waals surface area contributed by atoms with Crippen molar-refractivity contribution in [3.8, 4) is 0 Å². The molecule has 5 heteroatoms. The van der Waals surface area contributed by atoms with Gasteiger partial charge in [0.05, 0.1) is 0 Å². The fourth-order valence-electron chi connectivity index (χ4n) is 2.92. The number of nitrogens with zero attached hydrogens (tertiary/aromatic N) is 1. The highest BCUT2D eigenvalue weighted by Gasteiger charge is 2.45. The van der Waals surface area contributed by atoms with Crippen molar-refractivity contribution in [3.63, 3.8) is 0 Å². The van der Waals surface area contributed by atoms with Crippen molar-refractivity contribution < 1.29 is 9.59 Å². The fraction of sp³-hybridized carbons (Fsp3) is 0.429. The van der Waals surface area contributed by atoms with Crippen molar-refractivity contribution in [1.29, 1.82) is 0 Å². The number of carbonyl (C=O) groups excluding carboxylic acids is 2. The zero-order chi connectivity index (χ0) is 13.5. The summed E-state index contributed by atoms with van der Waals surface area (Å²) in [6.07, 6.45) is 1.46. The van der Waals surface area contributed by atoms with Gasteiger partial charge in [0, 0.05) is 41.5 Å². The molecular weight excluding hydrogens is 308 g/mol. The van der Waals surface area contributed by atoms with Gasteiger partial charge in [-0.15, -0.1) is 0 Å². The minimum absolute atomic E-state index is 0.0257. The van der Waals surface area contributed by atoms with Crippen LogP contribution in [-0.2, 0) is 4.79 Å². The normalized spacial score (nSPS) is 25.9. The highest BCUT2D eigenvalue weighted by atomic mass is 79.9. The summed E-state index contributed by atoms with van der Waals surface area (Å²) in [4.78, 5) is 25.6. The molecule has 0 bridgehead atoms. The molecule has 2 aliphatic heterocycles. The standard InChI is InChI=1S/C14H15BrN2O2/c15-11-3-1-10(2-4-11)13(19)17-6-5-14(9-17)7-12(18)16-8-14/h1-4H,5-9H2,(H,16,18). The number of halogens is 1. The van der Waals surface area contributed by atoms with Gasteiger partial charge in [-0.05, 0) is 30.7 Å². The van der Waals surface area contributed by atoms with Crippen LogP contribution in [0.15, 0.2) is 28.7 Å². The van der Waals surface area contributed by atoms with Gasteiger partial charge in [0.1, 0.15) is 0 Å². The van der Waals surface area contributed by atoms with E-state index in [1.165, 1.54) is 0 Å². The third-order valence-electron chi connectivity index (χ3n) is 4.01. The first-order valence-corrected chi connectivity index (χ1v) is 7.19. The minimum Gasteiger partial charge on any atom is -0.355 e. The van der Waals surface area contributed by atoms with Crippen molar-refractivity contribution in [1.82, 2.24) is 10.2 Å². The predicted octanol–water partition coefficient (Wildman–Crippen LogP) is 1.80. The van der Waals surface area contributed by atoms with E-state index in [4.69, 9.17) is 0 Å². The Labute approximate surface area is 120 Å². The molecule has 19 heavy (non-hydrogen) atoms. The Bertz CT molecular complexity index is 529. The lowest BCUT2D eigenvalue weighted by Gasteiger charge is -2.21. The molecule has 1 unspecified atom stereocenters. The Morgan fingerprint density at radius 2 is 2.05 bits per heavy atom. The summed E-state index contributed by atoms with van der Waals surface area (Å²) in [6, 6.07) is 7.41. The Morgan fingerprint density at radius 3 is 2.68 bits per heavy atom. The van der Waals surface area contributed by atoms with E-state index in [2.05, 4.69) is 21.2 Å². The van der Waals surface area contributed by atoms with Crippen molar-refractivity contribution in [3.05, 3.63) is 34.3 Å². The summed E-state index contributed by atoms with van der Waals surface area (Å²) < 4.78 is 0.965. The van der Waals surface area contributed by atoms with Crippen molar-refractivity contribution in [2.24, 2.45) is 5.41 Å². The molecule has 0 aliphatic carbocycles. The summed E-state index contributed by atoms with van der Waals surface area (Å²) >= 11 is 3.36. The molecule has 1 spiro atoms.